The second-order valence-electron chi connectivity index (χ2n) is 19.6. The summed E-state index contributed by atoms with van der Waals surface area (Å²) in [5.74, 6) is 0.0495. The van der Waals surface area contributed by atoms with Crippen LogP contribution in [0.1, 0.15) is 310 Å². The largest absolute Gasteiger partial charge is 0.465 e. The molecule has 0 rings (SSSR count). The number of unbranched alkanes of at least 4 members (excludes halogenated alkanes) is 42. The fraction of sp³-hybridized carbons (Fsp3) is 0.947. The highest BCUT2D eigenvalue weighted by molar-refractivity contribution is 9.12. The minimum absolute atomic E-state index is 0.212. The van der Waals surface area contributed by atoms with Crippen LogP contribution in [-0.4, -0.2) is 55.0 Å². The molecular weight excluding hydrogens is 908 g/mol. The maximum absolute atomic E-state index is 12.7. The molecule has 0 spiro atoms. The number of esters is 3. The highest BCUT2D eigenvalue weighted by Gasteiger charge is 2.19. The zero-order valence-corrected chi connectivity index (χ0v) is 48.0. The Morgan fingerprint density at radius 3 is 0.567 bits per heavy atom. The van der Waals surface area contributed by atoms with E-state index in [-0.39, 0.29) is 35.2 Å². The van der Waals surface area contributed by atoms with Gasteiger partial charge in [0.25, 0.3) is 0 Å². The van der Waals surface area contributed by atoms with Gasteiger partial charge in [-0.3, -0.25) is 14.4 Å². The summed E-state index contributed by atoms with van der Waals surface area (Å²) >= 11 is 4.51. The smallest absolute Gasteiger partial charge is 0.316 e. The molecule has 0 saturated carbocycles. The second kappa shape index (κ2) is 58.5. The maximum Gasteiger partial charge on any atom is 0.316 e. The Hall–Kier alpha value is -0.110. The fourth-order valence-corrected chi connectivity index (χ4v) is 17.1. The molecule has 0 fully saturated rings. The Morgan fingerprint density at radius 1 is 0.254 bits per heavy atom. The Bertz CT molecular complexity index is 899. The number of carbonyl (C=O) groups is 3. The summed E-state index contributed by atoms with van der Waals surface area (Å²) in [5.41, 5.74) is -0.929. The molecule has 0 aromatic carbocycles. The number of carbonyl (C=O) groups excluding carboxylic acids is 3. The van der Waals surface area contributed by atoms with Gasteiger partial charge < -0.3 is 14.2 Å². The molecule has 0 aromatic heterocycles. The third-order valence-corrected chi connectivity index (χ3v) is 23.4. The normalized spacial score (nSPS) is 11.5. The molecule has 0 saturated heterocycles. The highest BCUT2D eigenvalue weighted by atomic mass is 33.4. The summed E-state index contributed by atoms with van der Waals surface area (Å²) in [4.78, 5) is 38.1. The Kier molecular flexibility index (Phi) is 58.4. The van der Waals surface area contributed by atoms with E-state index in [1.54, 1.807) is 0 Å². The molecule has 67 heavy (non-hydrogen) atoms. The summed E-state index contributed by atoms with van der Waals surface area (Å²) in [6.07, 6.45) is 58.9. The molecule has 0 aliphatic heterocycles. The van der Waals surface area contributed by atoms with E-state index in [4.69, 9.17) is 14.2 Å². The lowest BCUT2D eigenvalue weighted by molar-refractivity contribution is -0.141. The van der Waals surface area contributed by atoms with Crippen LogP contribution in [0.5, 0.6) is 0 Å². The van der Waals surface area contributed by atoms with Crippen molar-refractivity contribution in [2.75, 3.05) is 37.1 Å². The monoisotopic (exact) mass is 1020 g/mol. The molecule has 0 aliphatic rings. The van der Waals surface area contributed by atoms with Crippen molar-refractivity contribution in [1.29, 1.82) is 0 Å². The van der Waals surface area contributed by atoms with Gasteiger partial charge in [-0.05, 0) is 19.3 Å². The van der Waals surface area contributed by atoms with Crippen LogP contribution in [-0.2, 0) is 28.6 Å². The van der Waals surface area contributed by atoms with Gasteiger partial charge in [-0.15, -0.1) is 34.1 Å². The average molecular weight is 1020 g/mol. The Morgan fingerprint density at radius 2 is 0.403 bits per heavy atom. The molecule has 0 aromatic rings. The lowest BCUT2D eigenvalue weighted by atomic mass is 10.0. The summed E-state index contributed by atoms with van der Waals surface area (Å²) in [6.45, 7) is 8.24. The van der Waals surface area contributed by atoms with Crippen molar-refractivity contribution >= 4 is 57.6 Å². The lowest BCUT2D eigenvalue weighted by Gasteiger charge is -2.15. The Balaban J connectivity index is 4.28. The fourth-order valence-electron chi connectivity index (χ4n) is 8.53. The molecule has 398 valence electrons. The van der Waals surface area contributed by atoms with Crippen LogP contribution in [0.15, 0.2) is 0 Å². The summed E-state index contributed by atoms with van der Waals surface area (Å²) in [5, 5.41) is 0. The van der Waals surface area contributed by atoms with E-state index >= 15 is 0 Å². The van der Waals surface area contributed by atoms with E-state index in [1.165, 1.54) is 285 Å². The molecule has 10 heteroatoms. The first-order chi connectivity index (χ1) is 33.0. The van der Waals surface area contributed by atoms with Crippen molar-refractivity contribution in [1.82, 2.24) is 0 Å². The van der Waals surface area contributed by atoms with Gasteiger partial charge in [0, 0.05) is 0 Å². The van der Waals surface area contributed by atoms with Gasteiger partial charge in [-0.2, -0.15) is 0 Å². The van der Waals surface area contributed by atoms with Crippen LogP contribution >= 0.6 is 39.7 Å². The number of rotatable bonds is 57. The van der Waals surface area contributed by atoms with E-state index in [2.05, 4.69) is 20.8 Å². The first-order valence-electron chi connectivity index (χ1n) is 29.2. The van der Waals surface area contributed by atoms with Crippen molar-refractivity contribution in [3.63, 3.8) is 0 Å². The summed E-state index contributed by atoms with van der Waals surface area (Å²) in [6, 6.07) is 0. The zero-order valence-electron chi connectivity index (χ0n) is 44.7. The van der Waals surface area contributed by atoms with E-state index in [0.717, 1.165) is 38.5 Å². The highest BCUT2D eigenvalue weighted by Crippen LogP contribution is 2.70. The Labute approximate surface area is 430 Å². The number of hydrogen-bond donors (Lipinski definition) is 0. The quantitative estimate of drug-likeness (QED) is 0.0256. The third kappa shape index (κ3) is 56.7. The van der Waals surface area contributed by atoms with Gasteiger partial charge in [-0.1, -0.05) is 290 Å². The number of hydrogen-bond acceptors (Lipinski definition) is 9. The third-order valence-electron chi connectivity index (χ3n) is 12.9. The lowest BCUT2D eigenvalue weighted by Crippen LogP contribution is -2.10. The van der Waals surface area contributed by atoms with E-state index < -0.39 is 5.53 Å². The van der Waals surface area contributed by atoms with Crippen molar-refractivity contribution in [2.45, 2.75) is 310 Å². The minimum Gasteiger partial charge on any atom is -0.465 e. The first-order valence-corrected chi connectivity index (χ1v) is 35.3. The van der Waals surface area contributed by atoms with Gasteiger partial charge in [0.2, 0.25) is 0 Å². The molecule has 0 bridgehead atoms. The zero-order chi connectivity index (χ0) is 48.6. The van der Waals surface area contributed by atoms with Crippen LogP contribution in [0.2, 0.25) is 0 Å². The molecule has 0 aliphatic carbocycles. The maximum atomic E-state index is 12.7. The second-order valence-corrected chi connectivity index (χ2v) is 29.3. The van der Waals surface area contributed by atoms with Crippen LogP contribution in [0.4, 0.5) is 0 Å². The van der Waals surface area contributed by atoms with Crippen molar-refractivity contribution in [2.24, 2.45) is 0 Å². The minimum atomic E-state index is -0.929. The van der Waals surface area contributed by atoms with Crippen molar-refractivity contribution < 1.29 is 28.6 Å². The predicted octanol–water partition coefficient (Wildman–Crippen LogP) is 20.7. The first kappa shape index (κ1) is 66.9. The molecule has 6 nitrogen and oxygen atoms in total. The van der Waals surface area contributed by atoms with Crippen LogP contribution in [0.3, 0.4) is 0 Å². The topological polar surface area (TPSA) is 78.9 Å². The summed E-state index contributed by atoms with van der Waals surface area (Å²) in [7, 11) is 0. The van der Waals surface area contributed by atoms with Gasteiger partial charge in [0.05, 0.1) is 42.6 Å². The van der Waals surface area contributed by atoms with E-state index in [0.29, 0.717) is 19.8 Å². The van der Waals surface area contributed by atoms with E-state index in [9.17, 15) is 14.4 Å². The molecule has 0 unspecified atom stereocenters. The van der Waals surface area contributed by atoms with Crippen molar-refractivity contribution in [3.8, 4) is 0 Å². The average Bonchev–Trinajstić information content (AvgIpc) is 3.33. The van der Waals surface area contributed by atoms with Crippen molar-refractivity contribution in [3.05, 3.63) is 0 Å². The van der Waals surface area contributed by atoms with Crippen LogP contribution in [0.25, 0.3) is 0 Å². The van der Waals surface area contributed by atoms with Gasteiger partial charge in [-0.25, -0.2) is 0 Å². The standard InChI is InChI=1S/C57H111O6PS3/c1-4-7-10-13-16-19-22-25-28-31-34-37-40-43-46-49-61-55(58)52-65-64(66-53-56(59)62-50-47-44-41-38-35-32-29-26-23-20-17-14-11-8-5-2)67-54-57(60)63-51-48-45-42-39-36-33-30-27-24-21-18-15-12-9-6-3/h4-54H2,1-3H3. The number of ether oxygens (including phenoxy) is 3. The van der Waals surface area contributed by atoms with Crippen LogP contribution < -0.4 is 0 Å². The molecular formula is C57H111O6PS3. The molecule has 0 atom stereocenters. The SMILES string of the molecule is CCCCCCCCCCCCCCCCCOC(=O)CSP(SCC(=O)OCCCCCCCCCCCCCCCCC)SCC(=O)OCCCCCCCCCCCCCCCCC. The molecule has 0 N–H and O–H groups in total. The molecule has 0 amide bonds. The molecule has 0 heterocycles. The van der Waals surface area contributed by atoms with Gasteiger partial charge >= 0.3 is 17.9 Å². The van der Waals surface area contributed by atoms with E-state index in [1.807, 2.05) is 0 Å². The van der Waals surface area contributed by atoms with Crippen LogP contribution in [0, 0.1) is 0 Å². The predicted molar refractivity (Wildman–Crippen MR) is 302 cm³/mol. The summed E-state index contributed by atoms with van der Waals surface area (Å²) < 4.78 is 16.8. The van der Waals surface area contributed by atoms with Gasteiger partial charge in [0.1, 0.15) is 0 Å². The van der Waals surface area contributed by atoms with Gasteiger partial charge in [0.15, 0.2) is 0 Å². The molecule has 0 radical (unpaired) electrons.